The molecule has 4 N–H and O–H groups in total. The molecule has 0 bridgehead atoms. The lowest BCUT2D eigenvalue weighted by Crippen LogP contribution is -1.92. The molecule has 23 heavy (non-hydrogen) atoms. The highest BCUT2D eigenvalue weighted by atomic mass is 16.3. The first kappa shape index (κ1) is 16.5. The Kier molecular flexibility index (Phi) is 4.36. The fourth-order valence-corrected chi connectivity index (χ4v) is 2.45. The Balaban J connectivity index is 2.44. The van der Waals surface area contributed by atoms with Crippen LogP contribution in [0.15, 0.2) is 36.6 Å². The van der Waals surface area contributed by atoms with Gasteiger partial charge in [0.1, 0.15) is 23.0 Å². The third kappa shape index (κ3) is 3.31. The van der Waals surface area contributed by atoms with E-state index in [1.165, 1.54) is 18.2 Å². The van der Waals surface area contributed by atoms with Gasteiger partial charge in [0.2, 0.25) is 0 Å². The molecule has 0 aliphatic rings. The predicted molar refractivity (Wildman–Crippen MR) is 91.7 cm³/mol. The second-order valence-corrected chi connectivity index (χ2v) is 5.66. The quantitative estimate of drug-likeness (QED) is 0.502. The van der Waals surface area contributed by atoms with Gasteiger partial charge in [-0.3, -0.25) is 0 Å². The van der Waals surface area contributed by atoms with Crippen molar-refractivity contribution in [2.75, 3.05) is 0 Å². The van der Waals surface area contributed by atoms with Crippen molar-refractivity contribution in [3.05, 3.63) is 64.4 Å². The highest BCUT2D eigenvalue weighted by Gasteiger charge is 2.11. The number of phenols is 3. The van der Waals surface area contributed by atoms with E-state index in [0.717, 1.165) is 0 Å². The van der Waals surface area contributed by atoms with Gasteiger partial charge in [0.15, 0.2) is 0 Å². The lowest BCUT2D eigenvalue weighted by atomic mass is 9.98. The number of allylic oxidation sites excluding steroid dienone is 1. The molecule has 0 saturated heterocycles. The number of aliphatic hydroxyl groups is 1. The van der Waals surface area contributed by atoms with Crippen LogP contribution in [0, 0.1) is 20.8 Å². The molecule has 0 aliphatic heterocycles. The Bertz CT molecular complexity index is 770. The van der Waals surface area contributed by atoms with E-state index < -0.39 is 0 Å². The molecule has 0 amide bonds. The Labute approximate surface area is 135 Å². The number of hydrogen-bond acceptors (Lipinski definition) is 4. The van der Waals surface area contributed by atoms with Crippen molar-refractivity contribution in [1.82, 2.24) is 0 Å². The standard InChI is InChI=1S/C19H20O4/c1-10-7-15(20)8-18(22)16(10)9-17(21)13(4)14-5-11(2)19(23)12(3)6-14/h5-9,20-23H,4H2,1-3H3/b17-9+. The predicted octanol–water partition coefficient (Wildman–Crippen LogP) is 4.34. The van der Waals surface area contributed by atoms with Gasteiger partial charge in [0.05, 0.1) is 0 Å². The second-order valence-electron chi connectivity index (χ2n) is 5.66. The van der Waals surface area contributed by atoms with E-state index in [-0.39, 0.29) is 23.0 Å². The van der Waals surface area contributed by atoms with Crippen LogP contribution in [0.5, 0.6) is 17.2 Å². The van der Waals surface area contributed by atoms with Crippen molar-refractivity contribution in [2.24, 2.45) is 0 Å². The van der Waals surface area contributed by atoms with Crippen molar-refractivity contribution in [3.63, 3.8) is 0 Å². The van der Waals surface area contributed by atoms with Crippen molar-refractivity contribution in [2.45, 2.75) is 20.8 Å². The first-order chi connectivity index (χ1) is 10.7. The summed E-state index contributed by atoms with van der Waals surface area (Å²) in [5.74, 6) is -0.0456. The molecule has 0 saturated carbocycles. The number of aliphatic hydroxyl groups excluding tert-OH is 1. The number of aryl methyl sites for hydroxylation is 3. The van der Waals surface area contributed by atoms with Crippen molar-refractivity contribution >= 4 is 11.6 Å². The SMILES string of the molecule is C=C(/C(O)=C\c1c(C)cc(O)cc1O)c1cc(C)c(O)c(C)c1. The summed E-state index contributed by atoms with van der Waals surface area (Å²) in [4.78, 5) is 0. The summed E-state index contributed by atoms with van der Waals surface area (Å²) in [5, 5.41) is 39.5. The van der Waals surface area contributed by atoms with Crippen LogP contribution in [0.1, 0.15) is 27.8 Å². The van der Waals surface area contributed by atoms with E-state index in [1.807, 2.05) is 0 Å². The highest BCUT2D eigenvalue weighted by Crippen LogP contribution is 2.32. The van der Waals surface area contributed by atoms with E-state index in [1.54, 1.807) is 32.9 Å². The summed E-state index contributed by atoms with van der Waals surface area (Å²) in [5.41, 5.74) is 3.48. The maximum absolute atomic E-state index is 10.3. The first-order valence-corrected chi connectivity index (χ1v) is 7.13. The molecule has 0 atom stereocenters. The van der Waals surface area contributed by atoms with Crippen LogP contribution in [0.2, 0.25) is 0 Å². The minimum Gasteiger partial charge on any atom is -0.508 e. The minimum atomic E-state index is -0.125. The Morgan fingerprint density at radius 3 is 2.00 bits per heavy atom. The van der Waals surface area contributed by atoms with Crippen LogP contribution in [0.25, 0.3) is 11.6 Å². The zero-order chi connectivity index (χ0) is 17.3. The Morgan fingerprint density at radius 1 is 0.913 bits per heavy atom. The molecular weight excluding hydrogens is 292 g/mol. The molecule has 2 rings (SSSR count). The first-order valence-electron chi connectivity index (χ1n) is 7.13. The molecule has 0 radical (unpaired) electrons. The number of hydrogen-bond donors (Lipinski definition) is 4. The third-order valence-electron chi connectivity index (χ3n) is 3.78. The van der Waals surface area contributed by atoms with Crippen LogP contribution >= 0.6 is 0 Å². The molecule has 0 unspecified atom stereocenters. The van der Waals surface area contributed by atoms with Gasteiger partial charge in [-0.05, 0) is 67.3 Å². The molecule has 4 heteroatoms. The van der Waals surface area contributed by atoms with E-state index in [2.05, 4.69) is 6.58 Å². The monoisotopic (exact) mass is 312 g/mol. The van der Waals surface area contributed by atoms with Gasteiger partial charge < -0.3 is 20.4 Å². The van der Waals surface area contributed by atoms with Gasteiger partial charge in [-0.1, -0.05) is 6.58 Å². The molecule has 0 heterocycles. The second kappa shape index (κ2) is 6.08. The topological polar surface area (TPSA) is 80.9 Å². The number of aromatic hydroxyl groups is 3. The van der Waals surface area contributed by atoms with E-state index in [0.29, 0.717) is 33.4 Å². The average molecular weight is 312 g/mol. The van der Waals surface area contributed by atoms with Crippen LogP contribution in [0.4, 0.5) is 0 Å². The lowest BCUT2D eigenvalue weighted by molar-refractivity contribution is 0.439. The summed E-state index contributed by atoms with van der Waals surface area (Å²) in [6.07, 6.45) is 1.41. The van der Waals surface area contributed by atoms with Gasteiger partial charge in [0, 0.05) is 17.2 Å². The summed E-state index contributed by atoms with van der Waals surface area (Å²) in [6, 6.07) is 6.18. The molecular formula is C19H20O4. The fourth-order valence-electron chi connectivity index (χ4n) is 2.45. The summed E-state index contributed by atoms with van der Waals surface area (Å²) in [7, 11) is 0. The van der Waals surface area contributed by atoms with Gasteiger partial charge in [-0.15, -0.1) is 0 Å². The highest BCUT2D eigenvalue weighted by molar-refractivity contribution is 5.83. The van der Waals surface area contributed by atoms with Gasteiger partial charge in [-0.2, -0.15) is 0 Å². The smallest absolute Gasteiger partial charge is 0.126 e. The van der Waals surface area contributed by atoms with Crippen molar-refractivity contribution in [1.29, 1.82) is 0 Å². The number of rotatable bonds is 3. The average Bonchev–Trinajstić information content (AvgIpc) is 2.46. The van der Waals surface area contributed by atoms with Crippen LogP contribution in [0.3, 0.4) is 0 Å². The van der Waals surface area contributed by atoms with Crippen molar-refractivity contribution in [3.8, 4) is 17.2 Å². The lowest BCUT2D eigenvalue weighted by Gasteiger charge is -2.11. The molecule has 2 aromatic rings. The summed E-state index contributed by atoms with van der Waals surface area (Å²) < 4.78 is 0. The zero-order valence-corrected chi connectivity index (χ0v) is 13.4. The van der Waals surface area contributed by atoms with E-state index in [9.17, 15) is 20.4 Å². The normalized spacial score (nSPS) is 11.5. The summed E-state index contributed by atoms with van der Waals surface area (Å²) in [6.45, 7) is 9.14. The van der Waals surface area contributed by atoms with Gasteiger partial charge in [0.25, 0.3) is 0 Å². The maximum Gasteiger partial charge on any atom is 0.126 e. The molecule has 120 valence electrons. The molecule has 2 aromatic carbocycles. The minimum absolute atomic E-state index is 0.0414. The summed E-state index contributed by atoms with van der Waals surface area (Å²) >= 11 is 0. The van der Waals surface area contributed by atoms with Crippen LogP contribution in [-0.4, -0.2) is 20.4 Å². The largest absolute Gasteiger partial charge is 0.508 e. The van der Waals surface area contributed by atoms with Crippen LogP contribution < -0.4 is 0 Å². The number of phenolic OH excluding ortho intramolecular Hbond substituents is 3. The molecule has 0 aromatic heterocycles. The van der Waals surface area contributed by atoms with E-state index in [4.69, 9.17) is 0 Å². The van der Waals surface area contributed by atoms with Gasteiger partial charge in [-0.25, -0.2) is 0 Å². The number of benzene rings is 2. The zero-order valence-electron chi connectivity index (χ0n) is 13.4. The maximum atomic E-state index is 10.3. The third-order valence-corrected chi connectivity index (χ3v) is 3.78. The molecule has 0 aliphatic carbocycles. The Hall–Kier alpha value is -2.88. The Morgan fingerprint density at radius 2 is 1.48 bits per heavy atom. The molecule has 4 nitrogen and oxygen atoms in total. The van der Waals surface area contributed by atoms with Crippen molar-refractivity contribution < 1.29 is 20.4 Å². The van der Waals surface area contributed by atoms with Crippen LogP contribution in [-0.2, 0) is 0 Å². The van der Waals surface area contributed by atoms with Gasteiger partial charge >= 0.3 is 0 Å². The molecule has 0 fully saturated rings. The molecule has 0 spiro atoms. The van der Waals surface area contributed by atoms with E-state index >= 15 is 0 Å². The fraction of sp³-hybridized carbons (Fsp3) is 0.158.